The van der Waals surface area contributed by atoms with Crippen molar-refractivity contribution >= 4 is 21.6 Å². The summed E-state index contributed by atoms with van der Waals surface area (Å²) in [6.07, 6.45) is 2.08. The van der Waals surface area contributed by atoms with E-state index in [1.165, 1.54) is 22.4 Å². The summed E-state index contributed by atoms with van der Waals surface area (Å²) >= 11 is 3.53. The van der Waals surface area contributed by atoms with E-state index in [-0.39, 0.29) is 6.04 Å². The Balaban J connectivity index is 2.29. The summed E-state index contributed by atoms with van der Waals surface area (Å²) in [4.78, 5) is 0. The highest BCUT2D eigenvalue weighted by Gasteiger charge is 2.13. The minimum Gasteiger partial charge on any atom is -0.378 e. The van der Waals surface area contributed by atoms with Gasteiger partial charge in [0.2, 0.25) is 0 Å². The Kier molecular flexibility index (Phi) is 3.99. The van der Waals surface area contributed by atoms with E-state index in [0.29, 0.717) is 0 Å². The molecule has 0 saturated carbocycles. The lowest BCUT2D eigenvalue weighted by atomic mass is 10.1. The molecule has 19 heavy (non-hydrogen) atoms. The number of benzene rings is 1. The Hall–Kier alpha value is -1.29. The van der Waals surface area contributed by atoms with E-state index in [4.69, 9.17) is 0 Å². The van der Waals surface area contributed by atoms with Gasteiger partial charge < -0.3 is 5.32 Å². The number of hydrogen-bond donors (Lipinski definition) is 1. The molecule has 0 amide bonds. The molecule has 2 rings (SSSR count). The van der Waals surface area contributed by atoms with Gasteiger partial charge in [0.1, 0.15) is 0 Å². The van der Waals surface area contributed by atoms with E-state index < -0.39 is 0 Å². The molecule has 0 fully saturated rings. The molecule has 3 nitrogen and oxygen atoms in total. The highest BCUT2D eigenvalue weighted by molar-refractivity contribution is 9.10. The van der Waals surface area contributed by atoms with Crippen LogP contribution < -0.4 is 5.32 Å². The number of halogens is 1. The number of aromatic nitrogens is 2. The summed E-state index contributed by atoms with van der Waals surface area (Å²) in [5, 5.41) is 8.00. The van der Waals surface area contributed by atoms with Crippen molar-refractivity contribution < 1.29 is 0 Å². The first-order chi connectivity index (χ1) is 8.88. The molecule has 1 heterocycles. The van der Waals surface area contributed by atoms with Crippen LogP contribution in [0.1, 0.15) is 35.3 Å². The summed E-state index contributed by atoms with van der Waals surface area (Å²) < 4.78 is 2.99. The first kappa shape index (κ1) is 14.1. The van der Waals surface area contributed by atoms with Gasteiger partial charge in [-0.05, 0) is 51.0 Å². The van der Waals surface area contributed by atoms with Gasteiger partial charge in [0.05, 0.1) is 11.7 Å². The maximum absolute atomic E-state index is 4.40. The molecule has 1 atom stereocenters. The van der Waals surface area contributed by atoms with Crippen LogP contribution >= 0.6 is 15.9 Å². The minimum atomic E-state index is 0.243. The fraction of sp³-hybridized carbons (Fsp3) is 0.400. The lowest BCUT2D eigenvalue weighted by Crippen LogP contribution is -2.09. The van der Waals surface area contributed by atoms with Crippen LogP contribution in [0.25, 0.3) is 0 Å². The molecule has 0 aliphatic rings. The lowest BCUT2D eigenvalue weighted by Gasteiger charge is -2.19. The molecular formula is C15H20BrN3. The van der Waals surface area contributed by atoms with Gasteiger partial charge in [-0.1, -0.05) is 15.9 Å². The van der Waals surface area contributed by atoms with Crippen LogP contribution in [0.15, 0.2) is 22.8 Å². The minimum absolute atomic E-state index is 0.243. The third-order valence-corrected chi connectivity index (χ3v) is 3.83. The molecule has 1 aromatic heterocycles. The maximum atomic E-state index is 4.40. The zero-order valence-corrected chi connectivity index (χ0v) is 13.7. The Morgan fingerprint density at radius 3 is 2.26 bits per heavy atom. The smallest absolute Gasteiger partial charge is 0.0646 e. The quantitative estimate of drug-likeness (QED) is 0.914. The first-order valence-corrected chi connectivity index (χ1v) is 7.21. The van der Waals surface area contributed by atoms with Crippen molar-refractivity contribution in [3.05, 3.63) is 45.2 Å². The highest BCUT2D eigenvalue weighted by atomic mass is 79.9. The Labute approximate surface area is 123 Å². The Morgan fingerprint density at radius 1 is 1.21 bits per heavy atom. The molecule has 1 aromatic carbocycles. The average molecular weight is 322 g/mol. The van der Waals surface area contributed by atoms with Gasteiger partial charge in [0.25, 0.3) is 0 Å². The van der Waals surface area contributed by atoms with E-state index in [9.17, 15) is 0 Å². The van der Waals surface area contributed by atoms with Gasteiger partial charge in [-0.15, -0.1) is 0 Å². The number of nitrogens with one attached hydrogen (secondary N) is 1. The van der Waals surface area contributed by atoms with Gasteiger partial charge in [-0.2, -0.15) is 5.10 Å². The third-order valence-electron chi connectivity index (χ3n) is 3.38. The second kappa shape index (κ2) is 5.37. The molecule has 0 saturated heterocycles. The van der Waals surface area contributed by atoms with Crippen molar-refractivity contribution in [2.24, 2.45) is 7.05 Å². The second-order valence-corrected chi connectivity index (χ2v) is 6.04. The fourth-order valence-electron chi connectivity index (χ4n) is 2.48. The van der Waals surface area contributed by atoms with Crippen molar-refractivity contribution in [3.63, 3.8) is 0 Å². The van der Waals surface area contributed by atoms with E-state index >= 15 is 0 Å². The summed E-state index contributed by atoms with van der Waals surface area (Å²) in [7, 11) is 1.96. The first-order valence-electron chi connectivity index (χ1n) is 6.42. The van der Waals surface area contributed by atoms with E-state index in [1.54, 1.807) is 0 Å². The molecule has 0 aliphatic heterocycles. The second-order valence-electron chi connectivity index (χ2n) is 5.12. The van der Waals surface area contributed by atoms with Crippen LogP contribution in [0.2, 0.25) is 0 Å². The molecule has 1 N–H and O–H groups in total. The summed E-state index contributed by atoms with van der Waals surface area (Å²) in [6.45, 7) is 8.48. The third kappa shape index (κ3) is 3.00. The SMILES string of the molecule is Cc1cc(Br)cc(C)c1NC(C)c1cn(C)nc1C. The lowest BCUT2D eigenvalue weighted by molar-refractivity contribution is 0.756. The van der Waals surface area contributed by atoms with E-state index in [0.717, 1.165) is 10.2 Å². The topological polar surface area (TPSA) is 29.9 Å². The molecular weight excluding hydrogens is 302 g/mol. The van der Waals surface area contributed by atoms with Crippen LogP contribution in [-0.2, 0) is 7.05 Å². The zero-order valence-electron chi connectivity index (χ0n) is 12.1. The van der Waals surface area contributed by atoms with Crippen LogP contribution in [0.3, 0.4) is 0 Å². The van der Waals surface area contributed by atoms with Gasteiger partial charge in [-0.25, -0.2) is 0 Å². The molecule has 102 valence electrons. The predicted octanol–water partition coefficient (Wildman–Crippen LogP) is 4.28. The van der Waals surface area contributed by atoms with Gasteiger partial charge in [0, 0.05) is 29.0 Å². The molecule has 2 aromatic rings. The molecule has 4 heteroatoms. The number of hydrogen-bond acceptors (Lipinski definition) is 2. The van der Waals surface area contributed by atoms with Crippen molar-refractivity contribution in [2.75, 3.05) is 5.32 Å². The maximum Gasteiger partial charge on any atom is 0.0646 e. The van der Waals surface area contributed by atoms with Crippen molar-refractivity contribution in [1.29, 1.82) is 0 Å². The fourth-order valence-corrected chi connectivity index (χ4v) is 3.16. The number of aryl methyl sites for hydroxylation is 4. The van der Waals surface area contributed by atoms with E-state index in [1.807, 2.05) is 11.7 Å². The number of anilines is 1. The monoisotopic (exact) mass is 321 g/mol. The highest BCUT2D eigenvalue weighted by Crippen LogP contribution is 2.29. The zero-order chi connectivity index (χ0) is 14.2. The average Bonchev–Trinajstić information content (AvgIpc) is 2.62. The van der Waals surface area contributed by atoms with E-state index in [2.05, 4.69) is 72.4 Å². The largest absolute Gasteiger partial charge is 0.378 e. The molecule has 1 unspecified atom stereocenters. The normalized spacial score (nSPS) is 12.5. The number of nitrogens with zero attached hydrogens (tertiary/aromatic N) is 2. The standard InChI is InChI=1S/C15H20BrN3/c1-9-6-13(16)7-10(2)15(9)17-11(3)14-8-19(5)18-12(14)4/h6-8,11,17H,1-5H3. The Bertz CT molecular complexity index is 578. The molecule has 0 spiro atoms. The van der Waals surface area contributed by atoms with Gasteiger partial charge in [0.15, 0.2) is 0 Å². The summed E-state index contributed by atoms with van der Waals surface area (Å²) in [5.74, 6) is 0. The van der Waals surface area contributed by atoms with Crippen molar-refractivity contribution in [3.8, 4) is 0 Å². The predicted molar refractivity (Wildman–Crippen MR) is 83.6 cm³/mol. The molecule has 0 radical (unpaired) electrons. The molecule has 0 bridgehead atoms. The van der Waals surface area contributed by atoms with Crippen LogP contribution in [-0.4, -0.2) is 9.78 Å². The van der Waals surface area contributed by atoms with Crippen molar-refractivity contribution in [2.45, 2.75) is 33.7 Å². The van der Waals surface area contributed by atoms with Gasteiger partial charge >= 0.3 is 0 Å². The van der Waals surface area contributed by atoms with Gasteiger partial charge in [-0.3, -0.25) is 4.68 Å². The molecule has 0 aliphatic carbocycles. The van der Waals surface area contributed by atoms with Crippen molar-refractivity contribution in [1.82, 2.24) is 9.78 Å². The Morgan fingerprint density at radius 2 is 1.79 bits per heavy atom. The summed E-state index contributed by atoms with van der Waals surface area (Å²) in [6, 6.07) is 4.52. The van der Waals surface area contributed by atoms with Crippen LogP contribution in [0.4, 0.5) is 5.69 Å². The number of rotatable bonds is 3. The van der Waals surface area contributed by atoms with Crippen LogP contribution in [0, 0.1) is 20.8 Å². The van der Waals surface area contributed by atoms with Crippen LogP contribution in [0.5, 0.6) is 0 Å². The summed E-state index contributed by atoms with van der Waals surface area (Å²) in [5.41, 5.74) is 6.03.